The molecule has 0 aliphatic carbocycles. The molecule has 2 aromatic carbocycles. The molecule has 2 heterocycles. The Balaban J connectivity index is 1.75. The van der Waals surface area contributed by atoms with Crippen LogP contribution in [-0.2, 0) is 6.42 Å². The van der Waals surface area contributed by atoms with Crippen LogP contribution in [0.5, 0.6) is 23.4 Å². The minimum absolute atomic E-state index is 0.0326. The van der Waals surface area contributed by atoms with E-state index in [-0.39, 0.29) is 35.0 Å². The molecule has 4 aromatic rings. The minimum atomic E-state index is -0.717. The van der Waals surface area contributed by atoms with Crippen LogP contribution in [0.1, 0.15) is 28.7 Å². The van der Waals surface area contributed by atoms with Crippen LogP contribution >= 0.6 is 0 Å². The second-order valence-electron chi connectivity index (χ2n) is 7.31. The molecule has 13 heteroatoms. The van der Waals surface area contributed by atoms with Crippen molar-refractivity contribution in [2.45, 2.75) is 13.3 Å². The highest BCUT2D eigenvalue weighted by Gasteiger charge is 2.19. The predicted molar refractivity (Wildman–Crippen MR) is 128 cm³/mol. The van der Waals surface area contributed by atoms with Crippen LogP contribution in [0.3, 0.4) is 0 Å². The number of aliphatic imine (C=N–C) groups is 1. The molecule has 0 atom stereocenters. The molecule has 0 saturated carbocycles. The Morgan fingerprint density at radius 2 is 1.77 bits per heavy atom. The standard InChI is InChI=1S/C22H22N10O3/c1-2-15-29-16-19(30-15)31-22(35-11-5-3-4-10(8-11)28-21(26)27)32-20(16)34-12-6-7-13(17(23)24)14(9-12)18(25)33/h3-9H,2H2,1H3,(H3,23,24)(H2,25,33)(H4,26,27,28)(H,29,30,31,32)/p+1. The van der Waals surface area contributed by atoms with E-state index in [0.717, 1.165) is 0 Å². The normalized spacial score (nSPS) is 10.7. The molecular formula is C22H23N10O3+. The van der Waals surface area contributed by atoms with Crippen molar-refractivity contribution in [3.63, 3.8) is 0 Å². The lowest BCUT2D eigenvalue weighted by Crippen LogP contribution is -2.47. The molecule has 0 radical (unpaired) electrons. The number of fused-ring (bicyclic) bond motifs is 1. The number of aryl methyl sites for hydroxylation is 1. The van der Waals surface area contributed by atoms with Crippen molar-refractivity contribution in [1.29, 1.82) is 0 Å². The number of benzene rings is 2. The quantitative estimate of drug-likeness (QED) is 0.148. The van der Waals surface area contributed by atoms with Crippen molar-refractivity contribution < 1.29 is 19.7 Å². The maximum atomic E-state index is 11.9. The highest BCUT2D eigenvalue weighted by atomic mass is 16.5. The van der Waals surface area contributed by atoms with Crippen molar-refractivity contribution in [1.82, 2.24) is 19.9 Å². The number of imidazole rings is 1. The SMILES string of the molecule is CCc1nc2nc(Oc3cccc(N=C(N)N)c3)nc(Oc3ccc(C(N)=[NH2+])c(C(N)=O)c3)c2[nH]1. The number of hydrogen-bond donors (Lipinski definition) is 6. The summed E-state index contributed by atoms with van der Waals surface area (Å²) in [6.07, 6.45) is 0.624. The van der Waals surface area contributed by atoms with Gasteiger partial charge in [0, 0.05) is 12.5 Å². The van der Waals surface area contributed by atoms with Gasteiger partial charge in [-0.15, -0.1) is 0 Å². The van der Waals surface area contributed by atoms with Gasteiger partial charge in [0.05, 0.1) is 16.8 Å². The van der Waals surface area contributed by atoms with Crippen molar-refractivity contribution in [3.05, 3.63) is 59.4 Å². The Labute approximate surface area is 198 Å². The molecule has 178 valence electrons. The van der Waals surface area contributed by atoms with Gasteiger partial charge in [-0.05, 0) is 30.3 Å². The number of aromatic amines is 1. The summed E-state index contributed by atoms with van der Waals surface area (Å²) in [6.45, 7) is 1.93. The molecule has 0 spiro atoms. The van der Waals surface area contributed by atoms with Crippen LogP contribution in [0.4, 0.5) is 5.69 Å². The summed E-state index contributed by atoms with van der Waals surface area (Å²) in [7, 11) is 0. The lowest BCUT2D eigenvalue weighted by atomic mass is 10.1. The molecule has 0 unspecified atom stereocenters. The van der Waals surface area contributed by atoms with Gasteiger partial charge in [-0.1, -0.05) is 13.0 Å². The zero-order valence-corrected chi connectivity index (χ0v) is 18.6. The number of nitrogens with two attached hydrogens (primary N) is 5. The molecule has 4 rings (SSSR count). The van der Waals surface area contributed by atoms with E-state index < -0.39 is 5.91 Å². The lowest BCUT2D eigenvalue weighted by Gasteiger charge is -2.10. The number of carbonyl (C=O) groups excluding carboxylic acids is 1. The third-order valence-electron chi connectivity index (χ3n) is 4.75. The van der Waals surface area contributed by atoms with Crippen LogP contribution in [0.25, 0.3) is 11.2 Å². The molecule has 0 saturated heterocycles. The van der Waals surface area contributed by atoms with E-state index in [9.17, 15) is 4.79 Å². The molecule has 35 heavy (non-hydrogen) atoms. The molecule has 1 amide bonds. The second kappa shape index (κ2) is 9.35. The largest absolute Gasteiger partial charge is 0.437 e. The second-order valence-corrected chi connectivity index (χ2v) is 7.31. The average Bonchev–Trinajstić information content (AvgIpc) is 3.22. The molecule has 11 N–H and O–H groups in total. The zero-order valence-electron chi connectivity index (χ0n) is 18.6. The Bertz CT molecular complexity index is 1470. The summed E-state index contributed by atoms with van der Waals surface area (Å²) in [4.78, 5) is 32.2. The number of nitrogens with one attached hydrogen (secondary N) is 1. The summed E-state index contributed by atoms with van der Waals surface area (Å²) in [6, 6.07) is 11.2. The van der Waals surface area contributed by atoms with Crippen molar-refractivity contribution in [2.75, 3.05) is 0 Å². The monoisotopic (exact) mass is 475 g/mol. The number of H-pyrrole nitrogens is 1. The van der Waals surface area contributed by atoms with Gasteiger partial charge < -0.3 is 31.7 Å². The van der Waals surface area contributed by atoms with Gasteiger partial charge in [0.2, 0.25) is 5.91 Å². The van der Waals surface area contributed by atoms with E-state index >= 15 is 0 Å². The number of aromatic nitrogens is 4. The Morgan fingerprint density at radius 1 is 1.00 bits per heavy atom. The van der Waals surface area contributed by atoms with E-state index in [4.69, 9.17) is 37.8 Å². The first kappa shape index (κ1) is 23.0. The van der Waals surface area contributed by atoms with Gasteiger partial charge in [-0.2, -0.15) is 9.97 Å². The summed E-state index contributed by atoms with van der Waals surface area (Å²) in [5.41, 5.74) is 23.7. The lowest BCUT2D eigenvalue weighted by molar-refractivity contribution is -0.114. The van der Waals surface area contributed by atoms with Crippen LogP contribution in [0.15, 0.2) is 47.5 Å². The number of nitrogens with zero attached hydrogens (tertiary/aromatic N) is 4. The number of guanidine groups is 1. The van der Waals surface area contributed by atoms with Gasteiger partial charge in [-0.3, -0.25) is 15.9 Å². The number of carbonyl (C=O) groups is 1. The van der Waals surface area contributed by atoms with Gasteiger partial charge in [0.15, 0.2) is 11.6 Å². The highest BCUT2D eigenvalue weighted by molar-refractivity contribution is 6.06. The zero-order chi connectivity index (χ0) is 25.1. The number of rotatable bonds is 8. The summed E-state index contributed by atoms with van der Waals surface area (Å²) in [5.74, 6) is 0.584. The third-order valence-corrected chi connectivity index (χ3v) is 4.75. The molecule has 13 nitrogen and oxygen atoms in total. The fourth-order valence-corrected chi connectivity index (χ4v) is 3.21. The maximum Gasteiger partial charge on any atom is 0.327 e. The smallest absolute Gasteiger partial charge is 0.327 e. The van der Waals surface area contributed by atoms with Crippen molar-refractivity contribution in [2.24, 2.45) is 27.9 Å². The average molecular weight is 475 g/mol. The van der Waals surface area contributed by atoms with Gasteiger partial charge in [0.1, 0.15) is 22.8 Å². The number of primary amides is 1. The fourth-order valence-electron chi connectivity index (χ4n) is 3.21. The molecule has 0 aliphatic rings. The first-order valence-electron chi connectivity index (χ1n) is 10.4. The predicted octanol–water partition coefficient (Wildman–Crippen LogP) is -0.0319. The van der Waals surface area contributed by atoms with E-state index in [1.165, 1.54) is 12.1 Å². The van der Waals surface area contributed by atoms with Gasteiger partial charge >= 0.3 is 6.01 Å². The first-order chi connectivity index (χ1) is 16.7. The van der Waals surface area contributed by atoms with E-state index in [1.54, 1.807) is 30.3 Å². The Hall–Kier alpha value is -5.20. The van der Waals surface area contributed by atoms with E-state index in [0.29, 0.717) is 40.4 Å². The van der Waals surface area contributed by atoms with Gasteiger partial charge in [-0.25, -0.2) is 9.98 Å². The van der Waals surface area contributed by atoms with Crippen LogP contribution in [0, 0.1) is 0 Å². The number of amides is 1. The highest BCUT2D eigenvalue weighted by Crippen LogP contribution is 2.31. The van der Waals surface area contributed by atoms with Crippen LogP contribution in [0.2, 0.25) is 0 Å². The fraction of sp³-hybridized carbons (Fsp3) is 0.0909. The molecule has 2 aromatic heterocycles. The van der Waals surface area contributed by atoms with E-state index in [2.05, 4.69) is 24.9 Å². The first-order valence-corrected chi connectivity index (χ1v) is 10.4. The molecule has 0 fully saturated rings. The van der Waals surface area contributed by atoms with Gasteiger partial charge in [0.25, 0.3) is 11.7 Å². The minimum Gasteiger partial charge on any atom is -0.437 e. The van der Waals surface area contributed by atoms with Crippen molar-refractivity contribution in [3.8, 4) is 23.4 Å². The topological polar surface area (TPSA) is 232 Å². The molecular weight excluding hydrogens is 452 g/mol. The Morgan fingerprint density at radius 3 is 2.46 bits per heavy atom. The number of hydrogen-bond acceptors (Lipinski definition) is 7. The summed E-state index contributed by atoms with van der Waals surface area (Å²) < 4.78 is 11.8. The molecule has 0 aliphatic heterocycles. The number of amidine groups is 1. The number of ether oxygens (including phenoxy) is 2. The van der Waals surface area contributed by atoms with Crippen molar-refractivity contribution >= 4 is 34.6 Å². The maximum absolute atomic E-state index is 11.9. The summed E-state index contributed by atoms with van der Waals surface area (Å²) >= 11 is 0. The van der Waals surface area contributed by atoms with E-state index in [1.807, 2.05) is 6.92 Å². The summed E-state index contributed by atoms with van der Waals surface area (Å²) in [5, 5.41) is 5.65. The van der Waals surface area contributed by atoms with Crippen LogP contribution < -0.4 is 37.8 Å². The third kappa shape index (κ3) is 5.08. The Kier molecular flexibility index (Phi) is 6.14. The molecule has 0 bridgehead atoms. The van der Waals surface area contributed by atoms with Crippen LogP contribution in [-0.4, -0.2) is 37.6 Å².